The maximum Gasteiger partial charge on any atom is 0.264 e. The predicted octanol–water partition coefficient (Wildman–Crippen LogP) is 2.47. The lowest BCUT2D eigenvalue weighted by Crippen LogP contribution is -2.33. The summed E-state index contributed by atoms with van der Waals surface area (Å²) in [5.74, 6) is 2.48. The van der Waals surface area contributed by atoms with Crippen LogP contribution in [0.1, 0.15) is 46.0 Å². The summed E-state index contributed by atoms with van der Waals surface area (Å²) >= 11 is 0. The van der Waals surface area contributed by atoms with Crippen molar-refractivity contribution in [1.29, 1.82) is 0 Å². The topological polar surface area (TPSA) is 122 Å². The molecule has 2 N–H and O–H groups in total. The predicted molar refractivity (Wildman–Crippen MR) is 123 cm³/mol. The number of fused-ring (bicyclic) bond motifs is 3. The van der Waals surface area contributed by atoms with Crippen molar-refractivity contribution in [3.63, 3.8) is 0 Å². The van der Waals surface area contributed by atoms with Crippen LogP contribution in [0.25, 0.3) is 11.2 Å². The lowest BCUT2D eigenvalue weighted by molar-refractivity contribution is 0.0135. The molecule has 2 aliphatic rings. The van der Waals surface area contributed by atoms with Crippen molar-refractivity contribution in [2.75, 3.05) is 29.6 Å². The number of nitrogens with one attached hydrogen (secondary N) is 1. The number of nitrogens with zero attached hydrogens (tertiary/aromatic N) is 5. The molecule has 178 valence electrons. The summed E-state index contributed by atoms with van der Waals surface area (Å²) in [6.45, 7) is 4.80. The van der Waals surface area contributed by atoms with Crippen molar-refractivity contribution >= 4 is 33.0 Å². The van der Waals surface area contributed by atoms with Crippen molar-refractivity contribution in [1.82, 2.24) is 19.5 Å². The van der Waals surface area contributed by atoms with Gasteiger partial charge in [-0.2, -0.15) is 8.42 Å². The molecular weight excluding hydrogens is 432 g/mol. The molecule has 2 bridgehead atoms. The highest BCUT2D eigenvalue weighted by Gasteiger charge is 2.46. The number of rotatable bonds is 10. The van der Waals surface area contributed by atoms with Gasteiger partial charge in [0.25, 0.3) is 10.1 Å². The second-order valence-electron chi connectivity index (χ2n) is 9.45. The number of anilines is 2. The van der Waals surface area contributed by atoms with Gasteiger partial charge < -0.3 is 15.0 Å². The Balaban J connectivity index is 1.35. The van der Waals surface area contributed by atoms with Crippen LogP contribution in [0.15, 0.2) is 6.33 Å². The van der Waals surface area contributed by atoms with Crippen LogP contribution in [0, 0.1) is 11.8 Å². The first kappa shape index (κ1) is 23.2. The molecule has 0 aliphatic heterocycles. The molecule has 2 fully saturated rings. The Morgan fingerprint density at radius 2 is 2.03 bits per heavy atom. The average Bonchev–Trinajstić information content (AvgIpc) is 3.40. The van der Waals surface area contributed by atoms with Gasteiger partial charge in [-0.15, -0.1) is 0 Å². The zero-order valence-corrected chi connectivity index (χ0v) is 20.0. The molecule has 11 heteroatoms. The monoisotopic (exact) mass is 466 g/mol. The molecule has 0 amide bonds. The number of ether oxygens (including phenoxy) is 1. The maximum absolute atomic E-state index is 10.8. The van der Waals surface area contributed by atoms with E-state index in [0.717, 1.165) is 42.2 Å². The van der Waals surface area contributed by atoms with Gasteiger partial charge in [0, 0.05) is 32.8 Å². The lowest BCUT2D eigenvalue weighted by Gasteiger charge is -2.29. The standard InChI is InChI=1S/C21H34N6O4S/c1-13(2)26(3)21-25-18-19(22-12-23-20(18)27(21)4)24-16-10-15-9-14(16)11-17(15)31-7-5-6-8-32(28,29)30/h12-17H,5-11H2,1-4H3,(H,22,23,24)(H,28,29,30)/t14-,15-,16-,17-/m0/s1. The number of imidazole rings is 1. The SMILES string of the molecule is CC(C)N(C)c1nc2c(N[C@H]3C[C@@H]4C[C@H]3C[C@@H]4OCCCCS(=O)(=O)O)ncnc2n1C. The van der Waals surface area contributed by atoms with Crippen molar-refractivity contribution in [2.24, 2.45) is 18.9 Å². The van der Waals surface area contributed by atoms with Crippen molar-refractivity contribution in [3.05, 3.63) is 6.33 Å². The molecule has 0 spiro atoms. The van der Waals surface area contributed by atoms with Gasteiger partial charge in [0.1, 0.15) is 6.33 Å². The van der Waals surface area contributed by atoms with Crippen molar-refractivity contribution in [2.45, 2.75) is 64.1 Å². The van der Waals surface area contributed by atoms with Crippen LogP contribution in [0.3, 0.4) is 0 Å². The van der Waals surface area contributed by atoms with E-state index in [-0.39, 0.29) is 11.9 Å². The highest BCUT2D eigenvalue weighted by molar-refractivity contribution is 7.85. The van der Waals surface area contributed by atoms with Crippen molar-refractivity contribution in [3.8, 4) is 0 Å². The summed E-state index contributed by atoms with van der Waals surface area (Å²) in [7, 11) is 0.136. The Bertz CT molecular complexity index is 1060. The fourth-order valence-corrected chi connectivity index (χ4v) is 5.61. The number of aryl methyl sites for hydroxylation is 1. The summed E-state index contributed by atoms with van der Waals surface area (Å²) in [5, 5.41) is 3.64. The van der Waals surface area contributed by atoms with Gasteiger partial charge in [0.2, 0.25) is 5.95 Å². The molecule has 10 nitrogen and oxygen atoms in total. The molecule has 2 aromatic rings. The van der Waals surface area contributed by atoms with E-state index in [1.807, 2.05) is 18.7 Å². The fourth-order valence-electron chi connectivity index (χ4n) is 5.04. The molecule has 0 unspecified atom stereocenters. The Kier molecular flexibility index (Phi) is 6.60. The third kappa shape index (κ3) is 4.84. The van der Waals surface area contributed by atoms with Gasteiger partial charge in [-0.25, -0.2) is 15.0 Å². The number of unbranched alkanes of at least 4 members (excludes halogenated alkanes) is 1. The Morgan fingerprint density at radius 3 is 2.69 bits per heavy atom. The summed E-state index contributed by atoms with van der Waals surface area (Å²) in [6.07, 6.45) is 6.04. The van der Waals surface area contributed by atoms with Crippen LogP contribution >= 0.6 is 0 Å². The minimum Gasteiger partial charge on any atom is -0.378 e. The molecule has 0 aromatic carbocycles. The van der Waals surface area contributed by atoms with E-state index in [1.165, 1.54) is 0 Å². The second-order valence-corrected chi connectivity index (χ2v) is 11.0. The van der Waals surface area contributed by atoms with E-state index in [2.05, 4.69) is 34.0 Å². The van der Waals surface area contributed by atoms with Crippen LogP contribution in [-0.4, -0.2) is 70.1 Å². The van der Waals surface area contributed by atoms with Crippen LogP contribution in [0.5, 0.6) is 0 Å². The molecular formula is C21H34N6O4S. The molecule has 2 aromatic heterocycles. The van der Waals surface area contributed by atoms with E-state index < -0.39 is 10.1 Å². The Labute approximate surface area is 189 Å². The summed E-state index contributed by atoms with van der Waals surface area (Å²) in [5.41, 5.74) is 1.62. The molecule has 2 heterocycles. The molecule has 4 rings (SSSR count). The zero-order valence-electron chi connectivity index (χ0n) is 19.2. The minimum absolute atomic E-state index is 0.200. The van der Waals surface area contributed by atoms with E-state index >= 15 is 0 Å². The van der Waals surface area contributed by atoms with E-state index in [9.17, 15) is 8.42 Å². The Hall–Kier alpha value is -1.98. The van der Waals surface area contributed by atoms with Gasteiger partial charge in [0.05, 0.1) is 11.9 Å². The van der Waals surface area contributed by atoms with Gasteiger partial charge in [-0.1, -0.05) is 0 Å². The van der Waals surface area contributed by atoms with E-state index in [1.54, 1.807) is 6.33 Å². The van der Waals surface area contributed by atoms with Crippen LogP contribution in [0.2, 0.25) is 0 Å². The maximum atomic E-state index is 10.8. The van der Waals surface area contributed by atoms with Crippen LogP contribution in [-0.2, 0) is 21.9 Å². The lowest BCUT2D eigenvalue weighted by atomic mass is 9.93. The highest BCUT2D eigenvalue weighted by Crippen LogP contribution is 2.47. The summed E-state index contributed by atoms with van der Waals surface area (Å²) in [4.78, 5) is 15.9. The zero-order chi connectivity index (χ0) is 23.0. The van der Waals surface area contributed by atoms with Gasteiger partial charge in [-0.3, -0.25) is 9.12 Å². The normalized spacial score (nSPS) is 25.2. The highest BCUT2D eigenvalue weighted by atomic mass is 32.2. The van der Waals surface area contributed by atoms with Crippen molar-refractivity contribution < 1.29 is 17.7 Å². The van der Waals surface area contributed by atoms with Gasteiger partial charge in [-0.05, 0) is 57.8 Å². The molecule has 0 saturated heterocycles. The number of aromatic nitrogens is 4. The van der Waals surface area contributed by atoms with Gasteiger partial charge in [0.15, 0.2) is 17.0 Å². The van der Waals surface area contributed by atoms with E-state index in [4.69, 9.17) is 14.3 Å². The minimum atomic E-state index is -3.88. The number of hydrogen-bond acceptors (Lipinski definition) is 8. The smallest absolute Gasteiger partial charge is 0.264 e. The molecule has 2 aliphatic carbocycles. The molecule has 32 heavy (non-hydrogen) atoms. The van der Waals surface area contributed by atoms with E-state index in [0.29, 0.717) is 43.4 Å². The fraction of sp³-hybridized carbons (Fsp3) is 0.762. The first-order valence-electron chi connectivity index (χ1n) is 11.4. The summed E-state index contributed by atoms with van der Waals surface area (Å²) in [6, 6.07) is 0.663. The Morgan fingerprint density at radius 1 is 1.25 bits per heavy atom. The van der Waals surface area contributed by atoms with Crippen LogP contribution < -0.4 is 10.2 Å². The first-order chi connectivity index (χ1) is 15.1. The molecule has 4 atom stereocenters. The summed E-state index contributed by atoms with van der Waals surface area (Å²) < 4.78 is 38.4. The van der Waals surface area contributed by atoms with Crippen LogP contribution in [0.4, 0.5) is 11.8 Å². The third-order valence-corrected chi connectivity index (χ3v) is 7.77. The third-order valence-electron chi connectivity index (χ3n) is 6.97. The second kappa shape index (κ2) is 9.11. The molecule has 0 radical (unpaired) electrons. The van der Waals surface area contributed by atoms with Gasteiger partial charge >= 0.3 is 0 Å². The molecule has 2 saturated carbocycles. The average molecular weight is 467 g/mol. The number of hydrogen-bond donors (Lipinski definition) is 2. The largest absolute Gasteiger partial charge is 0.378 e. The quantitative estimate of drug-likeness (QED) is 0.401. The first-order valence-corrected chi connectivity index (χ1v) is 13.0.